The molecule has 0 aliphatic heterocycles. The molecule has 1 heterocycles. The van der Waals surface area contributed by atoms with E-state index in [0.29, 0.717) is 18.8 Å². The predicted octanol–water partition coefficient (Wildman–Crippen LogP) is -1.37. The van der Waals surface area contributed by atoms with Crippen LogP contribution in [0.15, 0.2) is 48.7 Å². The van der Waals surface area contributed by atoms with Gasteiger partial charge in [-0.25, -0.2) is 4.98 Å². The quantitative estimate of drug-likeness (QED) is 0.133. The molecular weight excluding hydrogens is 429 g/mol. The Balaban J connectivity index is 0.00000512. The summed E-state index contributed by atoms with van der Waals surface area (Å²) >= 11 is 0. The molecule has 0 radical (unpaired) electrons. The van der Waals surface area contributed by atoms with E-state index in [-0.39, 0.29) is 59.7 Å². The maximum Gasteiger partial charge on any atom is 1.00 e. The number of nitro groups is 1. The standard InChI is InChI=1S/C20H23N5O6.Na/c26-18(8-4-10-22-17-7-1-2-9-21-17)23-13-19(27)24-16(12-20(28)29)14-5-3-6-15(11-14)25(30)31;/h1-3,5-7,9,11,16H,4,8,10,12-13H2,(H,21,22)(H,23,26)(H,24,27)(H,28,29);/q;+1. The second kappa shape index (κ2) is 14.1. The van der Waals surface area contributed by atoms with Gasteiger partial charge in [0, 0.05) is 31.3 Å². The largest absolute Gasteiger partial charge is 1.00 e. The fourth-order valence-corrected chi connectivity index (χ4v) is 2.73. The molecule has 0 aliphatic carbocycles. The van der Waals surface area contributed by atoms with Crippen molar-refractivity contribution in [2.45, 2.75) is 25.3 Å². The Bertz CT molecular complexity index is 928. The van der Waals surface area contributed by atoms with Crippen molar-refractivity contribution in [1.82, 2.24) is 15.6 Å². The molecule has 2 rings (SSSR count). The van der Waals surface area contributed by atoms with Crippen molar-refractivity contribution in [2.75, 3.05) is 18.4 Å². The Kier molecular flexibility index (Phi) is 11.9. The number of hydrogen-bond donors (Lipinski definition) is 4. The number of non-ortho nitro benzene ring substituents is 1. The Morgan fingerprint density at radius 2 is 1.91 bits per heavy atom. The molecule has 12 heteroatoms. The molecule has 0 bridgehead atoms. The van der Waals surface area contributed by atoms with Crippen molar-refractivity contribution < 1.29 is 54.0 Å². The first kappa shape index (κ1) is 27.0. The van der Waals surface area contributed by atoms with E-state index >= 15 is 0 Å². The zero-order valence-corrected chi connectivity index (χ0v) is 19.6. The molecule has 1 aromatic heterocycles. The van der Waals surface area contributed by atoms with Gasteiger partial charge in [-0.3, -0.25) is 24.5 Å². The number of rotatable bonds is 12. The number of aromatic nitrogens is 1. The molecular formula is C20H23N5NaO6+. The number of carboxylic acid groups (broad SMARTS) is 1. The summed E-state index contributed by atoms with van der Waals surface area (Å²) in [6.07, 6.45) is 1.91. The van der Waals surface area contributed by atoms with Gasteiger partial charge in [-0.1, -0.05) is 18.2 Å². The van der Waals surface area contributed by atoms with E-state index in [0.717, 1.165) is 0 Å². The maximum absolute atomic E-state index is 12.2. The van der Waals surface area contributed by atoms with E-state index in [1.165, 1.54) is 24.3 Å². The first-order valence-corrected chi connectivity index (χ1v) is 9.52. The second-order valence-corrected chi connectivity index (χ2v) is 6.59. The SMILES string of the molecule is O=C(O)CC(NC(=O)CNC(=O)CCCNc1ccccn1)c1cccc([N+](=O)[O-])c1.[Na+]. The van der Waals surface area contributed by atoms with Gasteiger partial charge in [0.2, 0.25) is 11.8 Å². The van der Waals surface area contributed by atoms with Gasteiger partial charge in [0.25, 0.3) is 5.69 Å². The number of carbonyl (C=O) groups is 3. The number of nitro benzene ring substituents is 1. The summed E-state index contributed by atoms with van der Waals surface area (Å²) in [4.78, 5) is 49.6. The molecule has 1 atom stereocenters. The van der Waals surface area contributed by atoms with Crippen LogP contribution in [0.5, 0.6) is 0 Å². The molecule has 0 saturated carbocycles. The third-order valence-electron chi connectivity index (χ3n) is 4.20. The molecule has 2 amide bonds. The van der Waals surface area contributed by atoms with E-state index in [9.17, 15) is 24.5 Å². The molecule has 1 aromatic carbocycles. The normalized spacial score (nSPS) is 10.9. The van der Waals surface area contributed by atoms with Crippen molar-refractivity contribution >= 4 is 29.3 Å². The zero-order chi connectivity index (χ0) is 22.6. The Labute approximate surface area is 206 Å². The average Bonchev–Trinajstić information content (AvgIpc) is 2.75. The van der Waals surface area contributed by atoms with Crippen LogP contribution in [0.4, 0.5) is 11.5 Å². The summed E-state index contributed by atoms with van der Waals surface area (Å²) in [6, 6.07) is 9.86. The van der Waals surface area contributed by atoms with Crippen molar-refractivity contribution in [2.24, 2.45) is 0 Å². The van der Waals surface area contributed by atoms with Gasteiger partial charge in [0.15, 0.2) is 0 Å². The summed E-state index contributed by atoms with van der Waals surface area (Å²) in [6.45, 7) is 0.196. The van der Waals surface area contributed by atoms with Crippen molar-refractivity contribution in [3.05, 3.63) is 64.3 Å². The monoisotopic (exact) mass is 452 g/mol. The third kappa shape index (κ3) is 9.86. The number of carboxylic acids is 1. The number of amides is 2. The van der Waals surface area contributed by atoms with Crippen LogP contribution in [0.25, 0.3) is 0 Å². The van der Waals surface area contributed by atoms with Crippen LogP contribution < -0.4 is 45.5 Å². The van der Waals surface area contributed by atoms with Gasteiger partial charge >= 0.3 is 35.5 Å². The predicted molar refractivity (Wildman–Crippen MR) is 111 cm³/mol. The average molecular weight is 452 g/mol. The minimum absolute atomic E-state index is 0. The fraction of sp³-hybridized carbons (Fsp3) is 0.300. The molecule has 11 nitrogen and oxygen atoms in total. The molecule has 32 heavy (non-hydrogen) atoms. The summed E-state index contributed by atoms with van der Waals surface area (Å²) in [5.74, 6) is -1.41. The molecule has 0 aliphatic rings. The van der Waals surface area contributed by atoms with Gasteiger partial charge in [-0.05, 0) is 24.1 Å². The van der Waals surface area contributed by atoms with E-state index in [4.69, 9.17) is 5.11 Å². The van der Waals surface area contributed by atoms with Gasteiger partial charge < -0.3 is 21.1 Å². The third-order valence-corrected chi connectivity index (χ3v) is 4.20. The van der Waals surface area contributed by atoms with E-state index in [1.54, 1.807) is 18.3 Å². The number of nitrogens with zero attached hydrogens (tertiary/aromatic N) is 2. The van der Waals surface area contributed by atoms with Crippen LogP contribution in [0.2, 0.25) is 0 Å². The first-order valence-electron chi connectivity index (χ1n) is 9.52. The molecule has 1 unspecified atom stereocenters. The number of nitrogens with one attached hydrogen (secondary N) is 3. The Morgan fingerprint density at radius 1 is 1.12 bits per heavy atom. The molecule has 164 valence electrons. The molecule has 2 aromatic rings. The van der Waals surface area contributed by atoms with Crippen LogP contribution in [0.3, 0.4) is 0 Å². The van der Waals surface area contributed by atoms with Crippen LogP contribution in [-0.4, -0.2) is 45.9 Å². The zero-order valence-electron chi connectivity index (χ0n) is 17.6. The van der Waals surface area contributed by atoms with Crippen LogP contribution >= 0.6 is 0 Å². The summed E-state index contributed by atoms with van der Waals surface area (Å²) < 4.78 is 0. The Hall–Kier alpha value is -3.02. The number of benzene rings is 1. The maximum atomic E-state index is 12.2. The fourth-order valence-electron chi connectivity index (χ4n) is 2.73. The molecule has 0 fully saturated rings. The summed E-state index contributed by atoms with van der Waals surface area (Å²) in [5, 5.41) is 28.1. The Morgan fingerprint density at radius 3 is 2.56 bits per heavy atom. The van der Waals surface area contributed by atoms with Gasteiger partial charge in [0.05, 0.1) is 23.9 Å². The summed E-state index contributed by atoms with van der Waals surface area (Å²) in [5.41, 5.74) is 0.0756. The number of anilines is 1. The van der Waals surface area contributed by atoms with Gasteiger partial charge in [0.1, 0.15) is 5.82 Å². The van der Waals surface area contributed by atoms with Crippen LogP contribution in [0.1, 0.15) is 30.9 Å². The van der Waals surface area contributed by atoms with E-state index in [2.05, 4.69) is 20.9 Å². The van der Waals surface area contributed by atoms with Crippen molar-refractivity contribution in [1.29, 1.82) is 0 Å². The second-order valence-electron chi connectivity index (χ2n) is 6.59. The smallest absolute Gasteiger partial charge is 0.481 e. The number of aliphatic carboxylic acids is 1. The molecule has 0 saturated heterocycles. The van der Waals surface area contributed by atoms with Crippen LogP contribution in [0, 0.1) is 10.1 Å². The van der Waals surface area contributed by atoms with E-state index in [1.807, 2.05) is 6.07 Å². The van der Waals surface area contributed by atoms with Gasteiger partial charge in [-0.2, -0.15) is 0 Å². The van der Waals surface area contributed by atoms with E-state index < -0.39 is 29.3 Å². The van der Waals surface area contributed by atoms with Crippen molar-refractivity contribution in [3.63, 3.8) is 0 Å². The topological polar surface area (TPSA) is 164 Å². The number of carbonyl (C=O) groups excluding carboxylic acids is 2. The van der Waals surface area contributed by atoms with Gasteiger partial charge in [-0.15, -0.1) is 0 Å². The number of pyridine rings is 1. The first-order chi connectivity index (χ1) is 14.8. The minimum Gasteiger partial charge on any atom is -0.481 e. The van der Waals surface area contributed by atoms with Crippen LogP contribution in [-0.2, 0) is 14.4 Å². The molecule has 0 spiro atoms. The summed E-state index contributed by atoms with van der Waals surface area (Å²) in [7, 11) is 0. The minimum atomic E-state index is -1.18. The van der Waals surface area contributed by atoms with Crippen molar-refractivity contribution in [3.8, 4) is 0 Å². The molecule has 4 N–H and O–H groups in total. The number of hydrogen-bond acceptors (Lipinski definition) is 7.